The molecule has 0 bridgehead atoms. The van der Waals surface area contributed by atoms with E-state index in [-0.39, 0.29) is 6.04 Å². The second kappa shape index (κ2) is 5.64. The SMILES string of the molecule is CC(N)c1ccc(Sc2cc3ccccc3[nH]2)cc1Br. The van der Waals surface area contributed by atoms with E-state index in [1.165, 1.54) is 15.8 Å². The molecule has 0 saturated heterocycles. The number of benzene rings is 2. The maximum atomic E-state index is 5.93. The van der Waals surface area contributed by atoms with E-state index in [2.05, 4.69) is 63.4 Å². The van der Waals surface area contributed by atoms with Crippen LogP contribution in [0.2, 0.25) is 0 Å². The van der Waals surface area contributed by atoms with E-state index in [9.17, 15) is 0 Å². The Bertz CT molecular complexity index is 716. The Morgan fingerprint density at radius 1 is 1.15 bits per heavy atom. The van der Waals surface area contributed by atoms with Crippen LogP contribution in [0.5, 0.6) is 0 Å². The fourth-order valence-corrected chi connectivity index (χ4v) is 3.97. The van der Waals surface area contributed by atoms with Crippen molar-refractivity contribution in [3.05, 3.63) is 58.6 Å². The van der Waals surface area contributed by atoms with Gasteiger partial charge in [0.2, 0.25) is 0 Å². The summed E-state index contributed by atoms with van der Waals surface area (Å²) in [6.45, 7) is 1.99. The highest BCUT2D eigenvalue weighted by Crippen LogP contribution is 2.33. The summed E-state index contributed by atoms with van der Waals surface area (Å²) in [5.41, 5.74) is 8.22. The maximum absolute atomic E-state index is 5.93. The first-order valence-corrected chi connectivity index (χ1v) is 8.05. The zero-order valence-corrected chi connectivity index (χ0v) is 13.5. The van der Waals surface area contributed by atoms with Crippen LogP contribution in [-0.2, 0) is 0 Å². The van der Waals surface area contributed by atoms with Gasteiger partial charge in [-0.2, -0.15) is 0 Å². The van der Waals surface area contributed by atoms with E-state index in [1.807, 2.05) is 13.0 Å². The smallest absolute Gasteiger partial charge is 0.0780 e. The van der Waals surface area contributed by atoms with Gasteiger partial charge in [-0.25, -0.2) is 0 Å². The zero-order valence-electron chi connectivity index (χ0n) is 11.1. The molecule has 0 radical (unpaired) electrons. The lowest BCUT2D eigenvalue weighted by Crippen LogP contribution is -2.05. The van der Waals surface area contributed by atoms with Crippen molar-refractivity contribution in [1.82, 2.24) is 4.98 Å². The summed E-state index contributed by atoms with van der Waals surface area (Å²) in [6.07, 6.45) is 0. The van der Waals surface area contributed by atoms with Crippen molar-refractivity contribution in [2.75, 3.05) is 0 Å². The molecule has 0 aliphatic rings. The van der Waals surface area contributed by atoms with Gasteiger partial charge in [0.05, 0.1) is 5.03 Å². The van der Waals surface area contributed by atoms with Gasteiger partial charge in [0.25, 0.3) is 0 Å². The van der Waals surface area contributed by atoms with E-state index in [4.69, 9.17) is 5.73 Å². The minimum atomic E-state index is 0.0384. The standard InChI is InChI=1S/C16H15BrN2S/c1-10(18)13-7-6-12(9-14(13)17)20-16-8-11-4-2-3-5-15(11)19-16/h2-10,19H,18H2,1H3. The second-order valence-corrected chi connectivity index (χ2v) is 6.76. The van der Waals surface area contributed by atoms with Crippen molar-refractivity contribution in [2.45, 2.75) is 22.9 Å². The van der Waals surface area contributed by atoms with Crippen LogP contribution >= 0.6 is 27.7 Å². The quantitative estimate of drug-likeness (QED) is 0.692. The summed E-state index contributed by atoms with van der Waals surface area (Å²) in [5.74, 6) is 0. The number of nitrogens with one attached hydrogen (secondary N) is 1. The first kappa shape index (κ1) is 13.7. The molecule has 1 aromatic heterocycles. The molecule has 2 aromatic carbocycles. The number of rotatable bonds is 3. The Hall–Kier alpha value is -1.23. The van der Waals surface area contributed by atoms with Crippen LogP contribution in [0.3, 0.4) is 0 Å². The Morgan fingerprint density at radius 3 is 2.65 bits per heavy atom. The van der Waals surface area contributed by atoms with Crippen LogP contribution in [-0.4, -0.2) is 4.98 Å². The molecule has 1 atom stereocenters. The Morgan fingerprint density at radius 2 is 1.95 bits per heavy atom. The molecular formula is C16H15BrN2S. The van der Waals surface area contributed by atoms with Gasteiger partial charge in [0.15, 0.2) is 0 Å². The maximum Gasteiger partial charge on any atom is 0.0780 e. The van der Waals surface area contributed by atoms with Gasteiger partial charge in [-0.3, -0.25) is 0 Å². The predicted molar refractivity (Wildman–Crippen MR) is 89.2 cm³/mol. The fraction of sp³-hybridized carbons (Fsp3) is 0.125. The third-order valence-electron chi connectivity index (χ3n) is 3.20. The summed E-state index contributed by atoms with van der Waals surface area (Å²) in [7, 11) is 0. The highest BCUT2D eigenvalue weighted by atomic mass is 79.9. The molecule has 1 heterocycles. The molecule has 0 fully saturated rings. The molecule has 3 N–H and O–H groups in total. The van der Waals surface area contributed by atoms with Crippen LogP contribution in [0.4, 0.5) is 0 Å². The van der Waals surface area contributed by atoms with Crippen LogP contribution in [0, 0.1) is 0 Å². The number of hydrogen-bond donors (Lipinski definition) is 2. The fourth-order valence-electron chi connectivity index (χ4n) is 2.17. The van der Waals surface area contributed by atoms with Gasteiger partial charge in [-0.05, 0) is 36.8 Å². The third-order valence-corrected chi connectivity index (χ3v) is 4.81. The summed E-state index contributed by atoms with van der Waals surface area (Å²) >= 11 is 5.31. The summed E-state index contributed by atoms with van der Waals surface area (Å²) < 4.78 is 1.06. The molecule has 3 rings (SSSR count). The lowest BCUT2D eigenvalue weighted by Gasteiger charge is -2.09. The van der Waals surface area contributed by atoms with Crippen molar-refractivity contribution in [3.63, 3.8) is 0 Å². The molecule has 0 amide bonds. The number of fused-ring (bicyclic) bond motifs is 1. The Kier molecular flexibility index (Phi) is 3.87. The molecule has 4 heteroatoms. The highest BCUT2D eigenvalue weighted by molar-refractivity contribution is 9.10. The molecule has 20 heavy (non-hydrogen) atoms. The molecule has 102 valence electrons. The number of para-hydroxylation sites is 1. The lowest BCUT2D eigenvalue weighted by molar-refractivity contribution is 0.811. The van der Waals surface area contributed by atoms with Crippen molar-refractivity contribution in [2.24, 2.45) is 5.73 Å². The Balaban J connectivity index is 1.89. The first-order chi connectivity index (χ1) is 9.63. The van der Waals surface area contributed by atoms with Crippen LogP contribution in [0.1, 0.15) is 18.5 Å². The van der Waals surface area contributed by atoms with Gasteiger partial charge in [0, 0.05) is 26.3 Å². The monoisotopic (exact) mass is 346 g/mol. The topological polar surface area (TPSA) is 41.8 Å². The molecule has 0 spiro atoms. The summed E-state index contributed by atoms with van der Waals surface area (Å²) in [5, 5.41) is 2.38. The molecule has 0 aliphatic carbocycles. The van der Waals surface area contributed by atoms with Gasteiger partial charge in [0.1, 0.15) is 0 Å². The molecule has 0 saturated carbocycles. The average Bonchev–Trinajstić information content (AvgIpc) is 2.80. The largest absolute Gasteiger partial charge is 0.349 e. The van der Waals surface area contributed by atoms with Gasteiger partial charge in [-0.1, -0.05) is 52.0 Å². The predicted octanol–water partition coefficient (Wildman–Crippen LogP) is 5.10. The summed E-state index contributed by atoms with van der Waals surface area (Å²) in [4.78, 5) is 4.61. The van der Waals surface area contributed by atoms with E-state index in [0.717, 1.165) is 15.1 Å². The minimum absolute atomic E-state index is 0.0384. The van der Waals surface area contributed by atoms with Crippen LogP contribution < -0.4 is 5.73 Å². The van der Waals surface area contributed by atoms with Gasteiger partial charge < -0.3 is 10.7 Å². The van der Waals surface area contributed by atoms with Crippen molar-refractivity contribution in [3.8, 4) is 0 Å². The lowest BCUT2D eigenvalue weighted by atomic mass is 10.1. The number of halogens is 1. The average molecular weight is 347 g/mol. The second-order valence-electron chi connectivity index (χ2n) is 4.79. The van der Waals surface area contributed by atoms with E-state index in [1.54, 1.807) is 11.8 Å². The first-order valence-electron chi connectivity index (χ1n) is 6.44. The van der Waals surface area contributed by atoms with Crippen molar-refractivity contribution < 1.29 is 0 Å². The van der Waals surface area contributed by atoms with Crippen molar-refractivity contribution in [1.29, 1.82) is 0 Å². The van der Waals surface area contributed by atoms with E-state index < -0.39 is 0 Å². The molecule has 0 aliphatic heterocycles. The van der Waals surface area contributed by atoms with Gasteiger partial charge >= 0.3 is 0 Å². The number of hydrogen-bond acceptors (Lipinski definition) is 2. The number of aromatic nitrogens is 1. The normalized spacial score (nSPS) is 12.8. The minimum Gasteiger partial charge on any atom is -0.349 e. The molecular weight excluding hydrogens is 332 g/mol. The molecule has 2 nitrogen and oxygen atoms in total. The van der Waals surface area contributed by atoms with E-state index in [0.29, 0.717) is 0 Å². The molecule has 3 aromatic rings. The summed E-state index contributed by atoms with van der Waals surface area (Å²) in [6, 6.07) is 16.8. The van der Waals surface area contributed by atoms with Crippen molar-refractivity contribution >= 4 is 38.6 Å². The number of H-pyrrole nitrogens is 1. The number of aromatic amines is 1. The third kappa shape index (κ3) is 2.77. The van der Waals surface area contributed by atoms with Gasteiger partial charge in [-0.15, -0.1) is 0 Å². The van der Waals surface area contributed by atoms with E-state index >= 15 is 0 Å². The number of nitrogens with two attached hydrogens (primary N) is 1. The Labute approximate surface area is 130 Å². The molecule has 1 unspecified atom stereocenters. The highest BCUT2D eigenvalue weighted by Gasteiger charge is 2.07. The van der Waals surface area contributed by atoms with Crippen LogP contribution in [0.15, 0.2) is 62.9 Å². The van der Waals surface area contributed by atoms with Crippen LogP contribution in [0.25, 0.3) is 10.9 Å². The zero-order chi connectivity index (χ0) is 14.1.